The zero-order valence-corrected chi connectivity index (χ0v) is 11.8. The van der Waals surface area contributed by atoms with Gasteiger partial charge >= 0.3 is 12.1 Å². The van der Waals surface area contributed by atoms with Gasteiger partial charge in [-0.2, -0.15) is 13.2 Å². The largest absolute Gasteiger partial charge is 0.481 e. The molecule has 0 spiro atoms. The lowest BCUT2D eigenvalue weighted by atomic mass is 9.80. The predicted molar refractivity (Wildman–Crippen MR) is 70.8 cm³/mol. The topological polar surface area (TPSA) is 50.2 Å². The van der Waals surface area contributed by atoms with Crippen LogP contribution in [0, 0.1) is 5.41 Å². The van der Waals surface area contributed by atoms with Crippen LogP contribution in [0.5, 0.6) is 0 Å². The van der Waals surface area contributed by atoms with E-state index in [1.165, 1.54) is 0 Å². The first-order chi connectivity index (χ1) is 9.78. The Balaban J connectivity index is 2.23. The van der Waals surface area contributed by atoms with Gasteiger partial charge < -0.3 is 5.11 Å². The summed E-state index contributed by atoms with van der Waals surface area (Å²) >= 11 is 0. The quantitative estimate of drug-likeness (QED) is 0.905. The zero-order valence-electron chi connectivity index (χ0n) is 11.8. The van der Waals surface area contributed by atoms with E-state index in [0.29, 0.717) is 31.2 Å². The molecule has 1 saturated carbocycles. The van der Waals surface area contributed by atoms with Crippen LogP contribution in [0.15, 0.2) is 18.3 Å². The summed E-state index contributed by atoms with van der Waals surface area (Å²) in [6.45, 7) is 1.92. The number of carboxylic acid groups (broad SMARTS) is 1. The molecule has 1 fully saturated rings. The first kappa shape index (κ1) is 15.8. The van der Waals surface area contributed by atoms with Gasteiger partial charge in [0.15, 0.2) is 0 Å². The van der Waals surface area contributed by atoms with Gasteiger partial charge in [0.25, 0.3) is 0 Å². The number of alkyl halides is 3. The number of rotatable bonds is 4. The minimum absolute atomic E-state index is 0.142. The number of carbonyl (C=O) groups is 1. The molecule has 3 nitrogen and oxygen atoms in total. The van der Waals surface area contributed by atoms with Crippen LogP contribution in [-0.2, 0) is 11.0 Å². The molecule has 1 N–H and O–H groups in total. The van der Waals surface area contributed by atoms with E-state index in [4.69, 9.17) is 0 Å². The Bertz CT molecular complexity index is 530. The van der Waals surface area contributed by atoms with Crippen molar-refractivity contribution in [3.8, 4) is 0 Å². The third-order valence-electron chi connectivity index (χ3n) is 4.34. The monoisotopic (exact) mass is 301 g/mol. The van der Waals surface area contributed by atoms with Crippen LogP contribution < -0.4 is 0 Å². The molecular formula is C15H18F3NO2. The maximum absolute atomic E-state index is 12.7. The van der Waals surface area contributed by atoms with E-state index in [1.807, 2.05) is 6.92 Å². The number of aliphatic carboxylic acids is 1. The Morgan fingerprint density at radius 2 is 2.24 bits per heavy atom. The summed E-state index contributed by atoms with van der Waals surface area (Å²) in [7, 11) is 0. The second-order valence-corrected chi connectivity index (χ2v) is 5.75. The molecule has 1 aliphatic carbocycles. The number of nitrogens with zero attached hydrogens (tertiary/aromatic N) is 1. The fourth-order valence-corrected chi connectivity index (χ4v) is 3.27. The lowest BCUT2D eigenvalue weighted by Crippen LogP contribution is -2.27. The first-order valence-electron chi connectivity index (χ1n) is 7.05. The standard InChI is InChI=1S/C15H18F3NO2/c1-2-5-14(13(20)21)6-3-11(9-14)10-4-7-19-12(8-10)15(16,17)18/h4,7-8,11H,2-3,5-6,9H2,1H3,(H,20,21)/t11-,14+/m0/s1. The maximum Gasteiger partial charge on any atom is 0.433 e. The fourth-order valence-electron chi connectivity index (χ4n) is 3.27. The van der Waals surface area contributed by atoms with Gasteiger partial charge in [-0.3, -0.25) is 9.78 Å². The van der Waals surface area contributed by atoms with Crippen molar-refractivity contribution in [1.29, 1.82) is 0 Å². The molecule has 0 amide bonds. The van der Waals surface area contributed by atoms with Crippen molar-refractivity contribution in [3.05, 3.63) is 29.6 Å². The van der Waals surface area contributed by atoms with E-state index in [2.05, 4.69) is 4.98 Å². The Labute approximate surface area is 121 Å². The normalized spacial score (nSPS) is 26.0. The summed E-state index contributed by atoms with van der Waals surface area (Å²) in [5.41, 5.74) is -1.17. The van der Waals surface area contributed by atoms with Crippen molar-refractivity contribution in [2.45, 2.75) is 51.1 Å². The third-order valence-corrected chi connectivity index (χ3v) is 4.34. The van der Waals surface area contributed by atoms with Crippen molar-refractivity contribution in [1.82, 2.24) is 4.98 Å². The number of hydrogen-bond donors (Lipinski definition) is 1. The van der Waals surface area contributed by atoms with Crippen LogP contribution in [0.3, 0.4) is 0 Å². The molecular weight excluding hydrogens is 283 g/mol. The van der Waals surface area contributed by atoms with Gasteiger partial charge in [0.2, 0.25) is 0 Å². The van der Waals surface area contributed by atoms with Crippen molar-refractivity contribution in [2.24, 2.45) is 5.41 Å². The Morgan fingerprint density at radius 3 is 2.81 bits per heavy atom. The minimum atomic E-state index is -4.47. The summed E-state index contributed by atoms with van der Waals surface area (Å²) in [5.74, 6) is -0.978. The number of hydrogen-bond acceptors (Lipinski definition) is 2. The highest BCUT2D eigenvalue weighted by Gasteiger charge is 2.45. The highest BCUT2D eigenvalue weighted by molar-refractivity contribution is 5.75. The molecule has 1 aliphatic rings. The summed E-state index contributed by atoms with van der Waals surface area (Å²) < 4.78 is 38.1. The predicted octanol–water partition coefficient (Wildman–Crippen LogP) is 4.24. The van der Waals surface area contributed by atoms with Crippen molar-refractivity contribution >= 4 is 5.97 Å². The highest BCUT2D eigenvalue weighted by Crippen LogP contribution is 2.49. The smallest absolute Gasteiger partial charge is 0.433 e. The van der Waals surface area contributed by atoms with Crippen LogP contribution in [0.25, 0.3) is 0 Å². The fraction of sp³-hybridized carbons (Fsp3) is 0.600. The summed E-state index contributed by atoms with van der Waals surface area (Å²) in [5, 5.41) is 9.45. The van der Waals surface area contributed by atoms with E-state index in [1.54, 1.807) is 6.07 Å². The Hall–Kier alpha value is -1.59. The molecule has 21 heavy (non-hydrogen) atoms. The summed E-state index contributed by atoms with van der Waals surface area (Å²) in [6, 6.07) is 2.61. The highest BCUT2D eigenvalue weighted by atomic mass is 19.4. The van der Waals surface area contributed by atoms with Crippen LogP contribution in [0.2, 0.25) is 0 Å². The zero-order chi connectivity index (χ0) is 15.7. The van der Waals surface area contributed by atoms with E-state index in [9.17, 15) is 23.1 Å². The molecule has 0 radical (unpaired) electrons. The summed E-state index contributed by atoms with van der Waals surface area (Å²) in [4.78, 5) is 14.9. The lowest BCUT2D eigenvalue weighted by molar-refractivity contribution is -0.149. The molecule has 1 aromatic heterocycles. The molecule has 6 heteroatoms. The van der Waals surface area contributed by atoms with E-state index in [0.717, 1.165) is 18.7 Å². The molecule has 0 unspecified atom stereocenters. The van der Waals surface area contributed by atoms with Crippen LogP contribution in [0.1, 0.15) is 56.2 Å². The molecule has 0 bridgehead atoms. The van der Waals surface area contributed by atoms with Gasteiger partial charge in [0, 0.05) is 6.20 Å². The Morgan fingerprint density at radius 1 is 1.52 bits per heavy atom. The van der Waals surface area contributed by atoms with Gasteiger partial charge in [0.1, 0.15) is 5.69 Å². The van der Waals surface area contributed by atoms with Crippen molar-refractivity contribution in [3.63, 3.8) is 0 Å². The Kier molecular flexibility index (Phi) is 4.25. The van der Waals surface area contributed by atoms with Crippen LogP contribution in [-0.4, -0.2) is 16.1 Å². The van der Waals surface area contributed by atoms with Crippen molar-refractivity contribution in [2.75, 3.05) is 0 Å². The van der Waals surface area contributed by atoms with Crippen LogP contribution in [0.4, 0.5) is 13.2 Å². The lowest BCUT2D eigenvalue weighted by Gasteiger charge is -2.23. The number of halogens is 3. The van der Waals surface area contributed by atoms with Crippen LogP contribution >= 0.6 is 0 Å². The number of pyridine rings is 1. The van der Waals surface area contributed by atoms with E-state index in [-0.39, 0.29) is 5.92 Å². The van der Waals surface area contributed by atoms with Gasteiger partial charge in [-0.05, 0) is 49.3 Å². The van der Waals surface area contributed by atoms with E-state index < -0.39 is 23.3 Å². The van der Waals surface area contributed by atoms with Gasteiger partial charge in [-0.15, -0.1) is 0 Å². The molecule has 2 atom stereocenters. The average molecular weight is 301 g/mol. The molecule has 2 rings (SSSR count). The van der Waals surface area contributed by atoms with Gasteiger partial charge in [-0.1, -0.05) is 13.3 Å². The average Bonchev–Trinajstić information content (AvgIpc) is 2.84. The second-order valence-electron chi connectivity index (χ2n) is 5.75. The molecule has 0 aromatic carbocycles. The first-order valence-corrected chi connectivity index (χ1v) is 7.05. The van der Waals surface area contributed by atoms with E-state index >= 15 is 0 Å². The molecule has 0 saturated heterocycles. The SMILES string of the molecule is CCC[C@@]1(C(=O)O)CC[C@H](c2ccnc(C(F)(F)F)c2)C1. The maximum atomic E-state index is 12.7. The number of aromatic nitrogens is 1. The summed E-state index contributed by atoms with van der Waals surface area (Å²) in [6.07, 6.45) is -0.477. The second kappa shape index (κ2) is 5.66. The molecule has 1 aromatic rings. The third kappa shape index (κ3) is 3.19. The minimum Gasteiger partial charge on any atom is -0.481 e. The molecule has 0 aliphatic heterocycles. The van der Waals surface area contributed by atoms with Crippen molar-refractivity contribution < 1.29 is 23.1 Å². The van der Waals surface area contributed by atoms with Gasteiger partial charge in [0.05, 0.1) is 5.41 Å². The van der Waals surface area contributed by atoms with Gasteiger partial charge in [-0.25, -0.2) is 0 Å². The molecule has 1 heterocycles. The molecule has 116 valence electrons. The number of carboxylic acids is 1.